The van der Waals surface area contributed by atoms with Crippen LogP contribution >= 0.6 is 15.9 Å². The van der Waals surface area contributed by atoms with Gasteiger partial charge in [0.2, 0.25) is 5.91 Å². The molecule has 2 rings (SSSR count). The van der Waals surface area contributed by atoms with Crippen molar-refractivity contribution in [1.29, 1.82) is 0 Å². The third-order valence-electron chi connectivity index (χ3n) is 3.97. The normalized spacial score (nSPS) is 17.7. The molecule has 0 radical (unpaired) electrons. The largest absolute Gasteiger partial charge is 0.353 e. The van der Waals surface area contributed by atoms with Gasteiger partial charge in [0.25, 0.3) is 0 Å². The first-order valence-corrected chi connectivity index (χ1v) is 8.24. The highest BCUT2D eigenvalue weighted by Crippen LogP contribution is 2.21. The Morgan fingerprint density at radius 3 is 2.75 bits per heavy atom. The average molecular weight is 339 g/mol. The minimum atomic E-state index is 0.0589. The first-order chi connectivity index (χ1) is 9.70. The van der Waals surface area contributed by atoms with Crippen LogP contribution in [0.2, 0.25) is 0 Å². The quantitative estimate of drug-likeness (QED) is 0.866. The molecule has 110 valence electrons. The molecular formula is C16H23BrN2O. The van der Waals surface area contributed by atoms with Gasteiger partial charge in [-0.3, -0.25) is 4.79 Å². The summed E-state index contributed by atoms with van der Waals surface area (Å²) >= 11 is 3.56. The molecule has 1 atom stereocenters. The van der Waals surface area contributed by atoms with E-state index in [9.17, 15) is 4.79 Å². The summed E-state index contributed by atoms with van der Waals surface area (Å²) in [4.78, 5) is 12.4. The fourth-order valence-corrected chi connectivity index (χ4v) is 3.08. The van der Waals surface area contributed by atoms with Crippen molar-refractivity contribution < 1.29 is 4.79 Å². The van der Waals surface area contributed by atoms with Gasteiger partial charge in [-0.2, -0.15) is 0 Å². The zero-order valence-corrected chi connectivity index (χ0v) is 13.6. The fourth-order valence-electron chi connectivity index (χ4n) is 2.64. The molecular weight excluding hydrogens is 316 g/mol. The van der Waals surface area contributed by atoms with Crippen LogP contribution in [-0.2, 0) is 11.2 Å². The second-order valence-corrected chi connectivity index (χ2v) is 6.29. The molecule has 4 heteroatoms. The van der Waals surface area contributed by atoms with Gasteiger partial charge in [0.15, 0.2) is 0 Å². The van der Waals surface area contributed by atoms with E-state index in [1.807, 2.05) is 18.2 Å². The van der Waals surface area contributed by atoms with Crippen molar-refractivity contribution in [3.63, 3.8) is 0 Å². The van der Waals surface area contributed by atoms with Crippen molar-refractivity contribution in [3.05, 3.63) is 34.3 Å². The summed E-state index contributed by atoms with van der Waals surface area (Å²) in [5.74, 6) is 0.263. The number of hydrogen-bond donors (Lipinski definition) is 2. The maximum absolute atomic E-state index is 12.4. The number of carbonyl (C=O) groups is 1. The molecule has 0 aromatic heterocycles. The summed E-state index contributed by atoms with van der Waals surface area (Å²) in [6.45, 7) is 4.10. The lowest BCUT2D eigenvalue weighted by atomic mass is 9.95. The van der Waals surface area contributed by atoms with Crippen molar-refractivity contribution in [1.82, 2.24) is 10.6 Å². The van der Waals surface area contributed by atoms with Crippen LogP contribution in [0.4, 0.5) is 0 Å². The molecule has 1 heterocycles. The lowest BCUT2D eigenvalue weighted by Gasteiger charge is -2.26. The van der Waals surface area contributed by atoms with Gasteiger partial charge in [0.1, 0.15) is 0 Å². The van der Waals surface area contributed by atoms with Crippen LogP contribution in [0.15, 0.2) is 28.7 Å². The van der Waals surface area contributed by atoms with Gasteiger partial charge >= 0.3 is 0 Å². The molecule has 1 fully saturated rings. The van der Waals surface area contributed by atoms with Gasteiger partial charge < -0.3 is 10.6 Å². The molecule has 1 amide bonds. The Hall–Kier alpha value is -0.870. The molecule has 0 spiro atoms. The van der Waals surface area contributed by atoms with Crippen LogP contribution in [0.5, 0.6) is 0 Å². The molecule has 1 aliphatic heterocycles. The first kappa shape index (κ1) is 15.5. The highest BCUT2D eigenvalue weighted by atomic mass is 79.9. The number of halogens is 1. The minimum absolute atomic E-state index is 0.0589. The summed E-state index contributed by atoms with van der Waals surface area (Å²) in [6.07, 6.45) is 3.75. The van der Waals surface area contributed by atoms with E-state index in [0.717, 1.165) is 43.2 Å². The molecule has 1 unspecified atom stereocenters. The number of benzene rings is 1. The number of rotatable bonds is 5. The van der Waals surface area contributed by atoms with Crippen molar-refractivity contribution in [2.75, 3.05) is 13.1 Å². The van der Waals surface area contributed by atoms with Crippen LogP contribution in [0.1, 0.15) is 31.7 Å². The molecule has 1 saturated heterocycles. The summed E-state index contributed by atoms with van der Waals surface area (Å²) in [5.41, 5.74) is 1.21. The Bertz CT molecular complexity index is 444. The van der Waals surface area contributed by atoms with Crippen molar-refractivity contribution in [2.45, 2.75) is 38.6 Å². The zero-order chi connectivity index (χ0) is 14.4. The number of carbonyl (C=O) groups excluding carboxylic acids is 1. The Balaban J connectivity index is 1.93. The second kappa shape index (κ2) is 7.79. The van der Waals surface area contributed by atoms with E-state index in [1.165, 1.54) is 5.56 Å². The monoisotopic (exact) mass is 338 g/mol. The number of amides is 1. The molecule has 3 nitrogen and oxygen atoms in total. The standard InChI is InChI=1S/C16H23BrN2O/c1-2-12(11-13-5-3-4-6-15(13)17)16(20)19-14-7-9-18-10-8-14/h3-6,12,14,18H,2,7-11H2,1H3,(H,19,20). The van der Waals surface area contributed by atoms with Crippen LogP contribution in [-0.4, -0.2) is 25.0 Å². The van der Waals surface area contributed by atoms with E-state index in [-0.39, 0.29) is 11.8 Å². The zero-order valence-electron chi connectivity index (χ0n) is 12.0. The predicted molar refractivity (Wildman–Crippen MR) is 85.7 cm³/mol. The second-order valence-electron chi connectivity index (χ2n) is 5.43. The third kappa shape index (κ3) is 4.32. The summed E-state index contributed by atoms with van der Waals surface area (Å²) in [6, 6.07) is 8.50. The van der Waals surface area contributed by atoms with Crippen molar-refractivity contribution in [3.8, 4) is 0 Å². The minimum Gasteiger partial charge on any atom is -0.353 e. The van der Waals surface area contributed by atoms with E-state index in [0.29, 0.717) is 6.04 Å². The lowest BCUT2D eigenvalue weighted by molar-refractivity contribution is -0.126. The van der Waals surface area contributed by atoms with E-state index in [2.05, 4.69) is 39.6 Å². The van der Waals surface area contributed by atoms with Crippen LogP contribution in [0, 0.1) is 5.92 Å². The molecule has 1 aromatic carbocycles. The van der Waals surface area contributed by atoms with Gasteiger partial charge in [-0.25, -0.2) is 0 Å². The van der Waals surface area contributed by atoms with Gasteiger partial charge in [-0.05, 0) is 50.4 Å². The van der Waals surface area contributed by atoms with Gasteiger partial charge in [-0.15, -0.1) is 0 Å². The van der Waals surface area contributed by atoms with Gasteiger partial charge in [-0.1, -0.05) is 41.1 Å². The Labute approximate surface area is 129 Å². The van der Waals surface area contributed by atoms with Gasteiger partial charge in [0, 0.05) is 16.4 Å². The summed E-state index contributed by atoms with van der Waals surface area (Å²) in [7, 11) is 0. The topological polar surface area (TPSA) is 41.1 Å². The molecule has 0 saturated carbocycles. The summed E-state index contributed by atoms with van der Waals surface area (Å²) in [5, 5.41) is 6.54. The van der Waals surface area contributed by atoms with Gasteiger partial charge in [0.05, 0.1) is 0 Å². The number of piperidine rings is 1. The van der Waals surface area contributed by atoms with Crippen molar-refractivity contribution in [2.24, 2.45) is 5.92 Å². The van der Waals surface area contributed by atoms with Crippen LogP contribution in [0.25, 0.3) is 0 Å². The van der Waals surface area contributed by atoms with Crippen LogP contribution in [0.3, 0.4) is 0 Å². The number of hydrogen-bond acceptors (Lipinski definition) is 2. The maximum Gasteiger partial charge on any atom is 0.223 e. The molecule has 20 heavy (non-hydrogen) atoms. The smallest absolute Gasteiger partial charge is 0.223 e. The predicted octanol–water partition coefficient (Wildman–Crippen LogP) is 2.89. The Morgan fingerprint density at radius 1 is 1.40 bits per heavy atom. The highest BCUT2D eigenvalue weighted by molar-refractivity contribution is 9.10. The van der Waals surface area contributed by atoms with Crippen molar-refractivity contribution >= 4 is 21.8 Å². The third-order valence-corrected chi connectivity index (χ3v) is 4.75. The van der Waals surface area contributed by atoms with E-state index >= 15 is 0 Å². The Morgan fingerprint density at radius 2 is 2.10 bits per heavy atom. The summed E-state index contributed by atoms with van der Waals surface area (Å²) < 4.78 is 1.09. The molecule has 0 aliphatic carbocycles. The Kier molecular flexibility index (Phi) is 6.05. The fraction of sp³-hybridized carbons (Fsp3) is 0.562. The maximum atomic E-state index is 12.4. The van der Waals surface area contributed by atoms with E-state index < -0.39 is 0 Å². The SMILES string of the molecule is CCC(Cc1ccccc1Br)C(=O)NC1CCNCC1. The molecule has 0 bridgehead atoms. The molecule has 2 N–H and O–H groups in total. The molecule has 1 aromatic rings. The van der Waals surface area contributed by atoms with Crippen LogP contribution < -0.4 is 10.6 Å². The number of nitrogens with one attached hydrogen (secondary N) is 2. The highest BCUT2D eigenvalue weighted by Gasteiger charge is 2.22. The average Bonchev–Trinajstić information content (AvgIpc) is 2.47. The van der Waals surface area contributed by atoms with E-state index in [4.69, 9.17) is 0 Å². The lowest BCUT2D eigenvalue weighted by Crippen LogP contribution is -2.45. The molecule has 1 aliphatic rings. The first-order valence-electron chi connectivity index (χ1n) is 7.45. The van der Waals surface area contributed by atoms with E-state index in [1.54, 1.807) is 0 Å².